The molecule has 0 saturated heterocycles. The van der Waals surface area contributed by atoms with Crippen molar-refractivity contribution in [2.75, 3.05) is 12.4 Å². The maximum atomic E-state index is 5.94. The van der Waals surface area contributed by atoms with Gasteiger partial charge >= 0.3 is 0 Å². The summed E-state index contributed by atoms with van der Waals surface area (Å²) in [6, 6.07) is 13.9. The SMILES string of the molecule is CNc1c(-c2cc3cc(Br)ccc3o2)nc2ccccn12. The van der Waals surface area contributed by atoms with E-state index in [1.54, 1.807) is 0 Å². The van der Waals surface area contributed by atoms with Gasteiger partial charge in [-0.15, -0.1) is 0 Å². The van der Waals surface area contributed by atoms with E-state index < -0.39 is 0 Å². The van der Waals surface area contributed by atoms with Gasteiger partial charge in [-0.1, -0.05) is 22.0 Å². The minimum absolute atomic E-state index is 0.760. The number of rotatable bonds is 2. The molecule has 0 amide bonds. The van der Waals surface area contributed by atoms with Gasteiger partial charge in [0, 0.05) is 23.1 Å². The van der Waals surface area contributed by atoms with E-state index in [0.29, 0.717) is 0 Å². The summed E-state index contributed by atoms with van der Waals surface area (Å²) in [5.41, 5.74) is 2.56. The van der Waals surface area contributed by atoms with Crippen molar-refractivity contribution >= 4 is 38.4 Å². The zero-order valence-electron chi connectivity index (χ0n) is 11.3. The van der Waals surface area contributed by atoms with Gasteiger partial charge in [0.15, 0.2) is 5.76 Å². The van der Waals surface area contributed by atoms with Crippen LogP contribution in [0.1, 0.15) is 0 Å². The Morgan fingerprint density at radius 2 is 2.10 bits per heavy atom. The second kappa shape index (κ2) is 4.63. The largest absolute Gasteiger partial charge is 0.454 e. The molecule has 0 aliphatic carbocycles. The van der Waals surface area contributed by atoms with Crippen LogP contribution in [0.5, 0.6) is 0 Å². The number of furan rings is 1. The third kappa shape index (κ3) is 1.93. The highest BCUT2D eigenvalue weighted by Crippen LogP contribution is 2.33. The Balaban J connectivity index is 1.99. The molecule has 5 heteroatoms. The summed E-state index contributed by atoms with van der Waals surface area (Å²) in [7, 11) is 1.89. The summed E-state index contributed by atoms with van der Waals surface area (Å²) in [4.78, 5) is 4.67. The van der Waals surface area contributed by atoms with E-state index in [9.17, 15) is 0 Å². The predicted octanol–water partition coefficient (Wildman–Crippen LogP) is 4.55. The molecule has 4 aromatic rings. The van der Waals surface area contributed by atoms with Gasteiger partial charge in [-0.3, -0.25) is 4.40 Å². The lowest BCUT2D eigenvalue weighted by Crippen LogP contribution is -1.94. The van der Waals surface area contributed by atoms with Crippen LogP contribution in [0.4, 0.5) is 5.82 Å². The maximum absolute atomic E-state index is 5.94. The Labute approximate surface area is 129 Å². The number of benzene rings is 1. The fourth-order valence-electron chi connectivity index (χ4n) is 2.54. The summed E-state index contributed by atoms with van der Waals surface area (Å²) in [5.74, 6) is 1.68. The minimum atomic E-state index is 0.760. The fraction of sp³-hybridized carbons (Fsp3) is 0.0625. The van der Waals surface area contributed by atoms with Gasteiger partial charge in [-0.25, -0.2) is 4.98 Å². The summed E-state index contributed by atoms with van der Waals surface area (Å²) < 4.78 is 8.99. The Kier molecular flexibility index (Phi) is 2.75. The normalized spacial score (nSPS) is 11.3. The van der Waals surface area contributed by atoms with Crippen molar-refractivity contribution in [3.05, 3.63) is 53.1 Å². The average Bonchev–Trinajstić information content (AvgIpc) is 3.06. The number of aromatic nitrogens is 2. The van der Waals surface area contributed by atoms with Crippen molar-refractivity contribution in [2.45, 2.75) is 0 Å². The number of imidazole rings is 1. The smallest absolute Gasteiger partial charge is 0.157 e. The first-order chi connectivity index (χ1) is 10.3. The van der Waals surface area contributed by atoms with E-state index in [1.165, 1.54) is 0 Å². The van der Waals surface area contributed by atoms with Gasteiger partial charge < -0.3 is 9.73 Å². The van der Waals surface area contributed by atoms with Crippen molar-refractivity contribution in [1.82, 2.24) is 9.38 Å². The van der Waals surface area contributed by atoms with Crippen LogP contribution in [0.2, 0.25) is 0 Å². The molecule has 0 radical (unpaired) electrons. The molecule has 0 bridgehead atoms. The molecular formula is C16H12BrN3O. The number of anilines is 1. The lowest BCUT2D eigenvalue weighted by molar-refractivity contribution is 0.629. The van der Waals surface area contributed by atoms with Crippen molar-refractivity contribution in [2.24, 2.45) is 0 Å². The quantitative estimate of drug-likeness (QED) is 0.581. The van der Waals surface area contributed by atoms with Crippen LogP contribution < -0.4 is 5.32 Å². The van der Waals surface area contributed by atoms with Crippen LogP contribution in [0.15, 0.2) is 57.6 Å². The van der Waals surface area contributed by atoms with Crippen molar-refractivity contribution in [3.8, 4) is 11.5 Å². The number of hydrogen-bond donors (Lipinski definition) is 1. The summed E-state index contributed by atoms with van der Waals surface area (Å²) in [6.45, 7) is 0. The third-order valence-electron chi connectivity index (χ3n) is 3.48. The van der Waals surface area contributed by atoms with Crippen molar-refractivity contribution < 1.29 is 4.42 Å². The molecule has 0 aliphatic rings. The van der Waals surface area contributed by atoms with Crippen LogP contribution in [0.3, 0.4) is 0 Å². The molecule has 0 aliphatic heterocycles. The minimum Gasteiger partial charge on any atom is -0.454 e. The second-order valence-corrected chi connectivity index (χ2v) is 5.70. The number of pyridine rings is 1. The average molecular weight is 342 g/mol. The molecule has 1 aromatic carbocycles. The standard InChI is InChI=1S/C16H12BrN3O/c1-18-16-15(19-14-4-2-3-7-20(14)16)13-9-10-8-11(17)5-6-12(10)21-13/h2-9,18H,1H3. The molecule has 3 heterocycles. The van der Waals surface area contributed by atoms with Crippen LogP contribution in [-0.2, 0) is 0 Å². The first-order valence-electron chi connectivity index (χ1n) is 6.60. The molecule has 0 atom stereocenters. The first-order valence-corrected chi connectivity index (χ1v) is 7.40. The molecule has 0 fully saturated rings. The molecule has 0 spiro atoms. The van der Waals surface area contributed by atoms with Crippen molar-refractivity contribution in [1.29, 1.82) is 0 Å². The zero-order chi connectivity index (χ0) is 14.4. The van der Waals surface area contributed by atoms with E-state index in [-0.39, 0.29) is 0 Å². The first kappa shape index (κ1) is 12.5. The Morgan fingerprint density at radius 3 is 2.95 bits per heavy atom. The van der Waals surface area contributed by atoms with E-state index in [0.717, 1.165) is 38.4 Å². The molecule has 3 aromatic heterocycles. The number of nitrogens with zero attached hydrogens (tertiary/aromatic N) is 2. The number of fused-ring (bicyclic) bond motifs is 2. The van der Waals surface area contributed by atoms with Crippen LogP contribution in [-0.4, -0.2) is 16.4 Å². The number of halogens is 1. The van der Waals surface area contributed by atoms with Gasteiger partial charge in [0.2, 0.25) is 0 Å². The van der Waals surface area contributed by atoms with Gasteiger partial charge in [0.05, 0.1) is 0 Å². The van der Waals surface area contributed by atoms with Crippen LogP contribution >= 0.6 is 15.9 Å². The molecule has 0 unspecified atom stereocenters. The fourth-order valence-corrected chi connectivity index (χ4v) is 2.92. The Bertz CT molecular complexity index is 955. The Morgan fingerprint density at radius 1 is 1.19 bits per heavy atom. The van der Waals surface area contributed by atoms with E-state index in [4.69, 9.17) is 4.42 Å². The lowest BCUT2D eigenvalue weighted by Gasteiger charge is -2.01. The molecule has 21 heavy (non-hydrogen) atoms. The highest BCUT2D eigenvalue weighted by atomic mass is 79.9. The van der Waals surface area contributed by atoms with E-state index >= 15 is 0 Å². The van der Waals surface area contributed by atoms with Gasteiger partial charge in [0.1, 0.15) is 22.7 Å². The highest BCUT2D eigenvalue weighted by Gasteiger charge is 2.16. The van der Waals surface area contributed by atoms with E-state index in [1.807, 2.05) is 60.1 Å². The Hall–Kier alpha value is -2.27. The number of nitrogens with one attached hydrogen (secondary N) is 1. The van der Waals surface area contributed by atoms with Crippen LogP contribution in [0.25, 0.3) is 28.1 Å². The third-order valence-corrected chi connectivity index (χ3v) is 3.97. The molecule has 0 saturated carbocycles. The number of hydrogen-bond acceptors (Lipinski definition) is 3. The van der Waals surface area contributed by atoms with Gasteiger partial charge in [-0.05, 0) is 36.4 Å². The summed E-state index contributed by atoms with van der Waals surface area (Å²) in [6.07, 6.45) is 1.98. The van der Waals surface area contributed by atoms with Gasteiger partial charge in [0.25, 0.3) is 0 Å². The molecule has 4 nitrogen and oxygen atoms in total. The molecular weight excluding hydrogens is 330 g/mol. The predicted molar refractivity (Wildman–Crippen MR) is 87.6 cm³/mol. The molecule has 4 rings (SSSR count). The van der Waals surface area contributed by atoms with Crippen LogP contribution in [0, 0.1) is 0 Å². The van der Waals surface area contributed by atoms with Crippen molar-refractivity contribution in [3.63, 3.8) is 0 Å². The highest BCUT2D eigenvalue weighted by molar-refractivity contribution is 9.10. The maximum Gasteiger partial charge on any atom is 0.157 e. The molecule has 104 valence electrons. The zero-order valence-corrected chi connectivity index (χ0v) is 12.9. The monoisotopic (exact) mass is 341 g/mol. The topological polar surface area (TPSA) is 42.5 Å². The lowest BCUT2D eigenvalue weighted by atomic mass is 10.2. The molecule has 1 N–H and O–H groups in total. The van der Waals surface area contributed by atoms with E-state index in [2.05, 4.69) is 26.2 Å². The van der Waals surface area contributed by atoms with Gasteiger partial charge in [-0.2, -0.15) is 0 Å². The second-order valence-electron chi connectivity index (χ2n) is 4.78. The summed E-state index contributed by atoms with van der Waals surface area (Å²) in [5, 5.41) is 4.26. The summed E-state index contributed by atoms with van der Waals surface area (Å²) >= 11 is 3.48.